The van der Waals surface area contributed by atoms with Crippen LogP contribution in [0.4, 0.5) is 4.79 Å². The summed E-state index contributed by atoms with van der Waals surface area (Å²) >= 11 is 0. The number of benzene rings is 1. The van der Waals surface area contributed by atoms with Crippen molar-refractivity contribution in [3.8, 4) is 0 Å². The lowest BCUT2D eigenvalue weighted by Gasteiger charge is -2.27. The van der Waals surface area contributed by atoms with Gasteiger partial charge in [-0.15, -0.1) is 0 Å². The van der Waals surface area contributed by atoms with Gasteiger partial charge in [-0.3, -0.25) is 4.90 Å². The summed E-state index contributed by atoms with van der Waals surface area (Å²) in [5, 5.41) is 5.85. The summed E-state index contributed by atoms with van der Waals surface area (Å²) in [4.78, 5) is 14.6. The largest absolute Gasteiger partial charge is 0.467 e. The summed E-state index contributed by atoms with van der Waals surface area (Å²) in [5.74, 6) is 0.814. The van der Waals surface area contributed by atoms with Crippen molar-refractivity contribution >= 4 is 6.03 Å². The van der Waals surface area contributed by atoms with Crippen LogP contribution < -0.4 is 10.6 Å². The molecule has 1 aromatic carbocycles. The van der Waals surface area contributed by atoms with Gasteiger partial charge in [0.2, 0.25) is 0 Å². The standard InChI is InChI=1S/C22H31N3O3/c26-22(23-11-7-14-27-18-21-10-6-15-28-21)24-16-19-8-2-3-9-20(19)17-25-12-4-1-5-13-25/h2-3,6,8-10,15H,1,4-5,7,11-14,16-18H2,(H2,23,24,26). The quantitative estimate of drug-likeness (QED) is 0.613. The van der Waals surface area contributed by atoms with Crippen molar-refractivity contribution in [3.05, 3.63) is 59.5 Å². The Bertz CT molecular complexity index is 697. The van der Waals surface area contributed by atoms with Gasteiger partial charge >= 0.3 is 6.03 Å². The minimum atomic E-state index is -0.140. The predicted molar refractivity (Wildman–Crippen MR) is 109 cm³/mol. The SMILES string of the molecule is O=C(NCCCOCc1ccco1)NCc1ccccc1CN1CCCCC1. The molecular weight excluding hydrogens is 354 g/mol. The van der Waals surface area contributed by atoms with Gasteiger partial charge in [0.05, 0.1) is 6.26 Å². The number of likely N-dealkylation sites (tertiary alicyclic amines) is 1. The number of carbonyl (C=O) groups excluding carboxylic acids is 1. The van der Waals surface area contributed by atoms with Gasteiger partial charge in [0.1, 0.15) is 12.4 Å². The lowest BCUT2D eigenvalue weighted by atomic mass is 10.0. The number of urea groups is 1. The Balaban J connectivity index is 1.31. The first kappa shape index (κ1) is 20.4. The number of amides is 2. The zero-order chi connectivity index (χ0) is 19.4. The van der Waals surface area contributed by atoms with E-state index in [0.29, 0.717) is 26.3 Å². The molecule has 2 aromatic rings. The van der Waals surface area contributed by atoms with E-state index in [1.165, 1.54) is 43.5 Å². The van der Waals surface area contributed by atoms with Crippen molar-refractivity contribution in [3.63, 3.8) is 0 Å². The van der Waals surface area contributed by atoms with E-state index in [4.69, 9.17) is 9.15 Å². The van der Waals surface area contributed by atoms with E-state index in [2.05, 4.69) is 33.7 Å². The molecule has 6 heteroatoms. The Hall–Kier alpha value is -2.31. The minimum Gasteiger partial charge on any atom is -0.467 e. The Morgan fingerprint density at radius 1 is 1.04 bits per heavy atom. The molecule has 1 aliphatic rings. The normalized spacial score (nSPS) is 14.7. The molecular formula is C22H31N3O3. The van der Waals surface area contributed by atoms with E-state index in [0.717, 1.165) is 18.7 Å². The molecule has 28 heavy (non-hydrogen) atoms. The molecule has 2 N–H and O–H groups in total. The number of piperidine rings is 1. The van der Waals surface area contributed by atoms with Crippen molar-refractivity contribution in [1.29, 1.82) is 0 Å². The molecule has 0 aliphatic carbocycles. The maximum Gasteiger partial charge on any atom is 0.315 e. The second kappa shape index (κ2) is 11.5. The number of nitrogens with zero attached hydrogens (tertiary/aromatic N) is 1. The first-order valence-electron chi connectivity index (χ1n) is 10.2. The number of hydrogen-bond donors (Lipinski definition) is 2. The van der Waals surface area contributed by atoms with Crippen molar-refractivity contribution in [1.82, 2.24) is 15.5 Å². The first-order valence-corrected chi connectivity index (χ1v) is 10.2. The molecule has 0 saturated carbocycles. The highest BCUT2D eigenvalue weighted by atomic mass is 16.5. The molecule has 1 aliphatic heterocycles. The molecule has 0 bridgehead atoms. The third-order valence-electron chi connectivity index (χ3n) is 4.98. The predicted octanol–water partition coefficient (Wildman–Crippen LogP) is 3.67. The van der Waals surface area contributed by atoms with E-state index in [1.54, 1.807) is 6.26 Å². The molecule has 1 fully saturated rings. The first-order chi connectivity index (χ1) is 13.8. The topological polar surface area (TPSA) is 66.7 Å². The Morgan fingerprint density at radius 2 is 1.86 bits per heavy atom. The molecule has 3 rings (SSSR count). The van der Waals surface area contributed by atoms with Crippen molar-refractivity contribution in [2.75, 3.05) is 26.2 Å². The molecule has 2 heterocycles. The molecule has 2 amide bonds. The highest BCUT2D eigenvalue weighted by Crippen LogP contribution is 2.16. The van der Waals surface area contributed by atoms with Crippen molar-refractivity contribution in [2.24, 2.45) is 0 Å². The number of ether oxygens (including phenoxy) is 1. The molecule has 0 spiro atoms. The summed E-state index contributed by atoms with van der Waals surface area (Å²) in [5.41, 5.74) is 2.49. The number of furan rings is 1. The third-order valence-corrected chi connectivity index (χ3v) is 4.98. The van der Waals surface area contributed by atoms with Gasteiger partial charge in [-0.05, 0) is 55.6 Å². The Kier molecular flexibility index (Phi) is 8.40. The number of nitrogens with one attached hydrogen (secondary N) is 2. The summed E-state index contributed by atoms with van der Waals surface area (Å²) in [6.07, 6.45) is 6.31. The van der Waals surface area contributed by atoms with Crippen LogP contribution in [0.25, 0.3) is 0 Å². The smallest absolute Gasteiger partial charge is 0.315 e. The third kappa shape index (κ3) is 7.02. The second-order valence-electron chi connectivity index (χ2n) is 7.20. The molecule has 0 atom stereocenters. The fourth-order valence-corrected chi connectivity index (χ4v) is 3.42. The average Bonchev–Trinajstić information content (AvgIpc) is 3.24. The van der Waals surface area contributed by atoms with E-state index in [-0.39, 0.29) is 6.03 Å². The minimum absolute atomic E-state index is 0.140. The number of hydrogen-bond acceptors (Lipinski definition) is 4. The fraction of sp³-hybridized carbons (Fsp3) is 0.500. The van der Waals surface area contributed by atoms with Crippen LogP contribution in [0.3, 0.4) is 0 Å². The maximum absolute atomic E-state index is 12.0. The van der Waals surface area contributed by atoms with Crippen LogP contribution in [-0.2, 0) is 24.4 Å². The molecule has 6 nitrogen and oxygen atoms in total. The summed E-state index contributed by atoms with van der Waals surface area (Å²) in [7, 11) is 0. The van der Waals surface area contributed by atoms with E-state index >= 15 is 0 Å². The Morgan fingerprint density at radius 3 is 2.64 bits per heavy atom. The number of carbonyl (C=O) groups is 1. The lowest BCUT2D eigenvalue weighted by molar-refractivity contribution is 0.104. The molecule has 0 radical (unpaired) electrons. The lowest BCUT2D eigenvalue weighted by Crippen LogP contribution is -2.36. The maximum atomic E-state index is 12.0. The van der Waals surface area contributed by atoms with Gasteiger partial charge < -0.3 is 19.8 Å². The fourth-order valence-electron chi connectivity index (χ4n) is 3.42. The van der Waals surface area contributed by atoms with Crippen LogP contribution >= 0.6 is 0 Å². The van der Waals surface area contributed by atoms with Gasteiger partial charge in [-0.2, -0.15) is 0 Å². The Labute approximate surface area is 167 Å². The van der Waals surface area contributed by atoms with Crippen LogP contribution in [0.15, 0.2) is 47.1 Å². The van der Waals surface area contributed by atoms with Crippen LogP contribution in [0.5, 0.6) is 0 Å². The second-order valence-corrected chi connectivity index (χ2v) is 7.20. The van der Waals surface area contributed by atoms with E-state index in [1.807, 2.05) is 18.2 Å². The zero-order valence-electron chi connectivity index (χ0n) is 16.5. The highest BCUT2D eigenvalue weighted by Gasteiger charge is 2.12. The number of rotatable bonds is 10. The monoisotopic (exact) mass is 385 g/mol. The van der Waals surface area contributed by atoms with Gasteiger partial charge in [-0.25, -0.2) is 4.79 Å². The highest BCUT2D eigenvalue weighted by molar-refractivity contribution is 5.73. The van der Waals surface area contributed by atoms with Gasteiger partial charge in [-0.1, -0.05) is 30.7 Å². The van der Waals surface area contributed by atoms with Crippen LogP contribution in [0.1, 0.15) is 42.6 Å². The van der Waals surface area contributed by atoms with Crippen molar-refractivity contribution < 1.29 is 13.9 Å². The van der Waals surface area contributed by atoms with Crippen LogP contribution in [0, 0.1) is 0 Å². The van der Waals surface area contributed by atoms with E-state index in [9.17, 15) is 4.79 Å². The van der Waals surface area contributed by atoms with Crippen molar-refractivity contribution in [2.45, 2.75) is 45.4 Å². The van der Waals surface area contributed by atoms with Gasteiger partial charge in [0, 0.05) is 26.2 Å². The van der Waals surface area contributed by atoms with E-state index < -0.39 is 0 Å². The van der Waals surface area contributed by atoms with Gasteiger partial charge in [0.15, 0.2) is 0 Å². The summed E-state index contributed by atoms with van der Waals surface area (Å²) in [6, 6.07) is 12.0. The van der Waals surface area contributed by atoms with Gasteiger partial charge in [0.25, 0.3) is 0 Å². The summed E-state index contributed by atoms with van der Waals surface area (Å²) in [6.45, 7) is 5.48. The molecule has 152 valence electrons. The summed E-state index contributed by atoms with van der Waals surface area (Å²) < 4.78 is 10.7. The van der Waals surface area contributed by atoms with Crippen LogP contribution in [-0.4, -0.2) is 37.2 Å². The molecule has 1 aromatic heterocycles. The molecule has 1 saturated heterocycles. The van der Waals surface area contributed by atoms with Crippen LogP contribution in [0.2, 0.25) is 0 Å². The zero-order valence-corrected chi connectivity index (χ0v) is 16.5. The molecule has 0 unspecified atom stereocenters. The average molecular weight is 386 g/mol.